The highest BCUT2D eigenvalue weighted by atomic mass is 16.6. The summed E-state index contributed by atoms with van der Waals surface area (Å²) in [5.41, 5.74) is 0.257. The van der Waals surface area contributed by atoms with Gasteiger partial charge in [0.15, 0.2) is 5.78 Å². The van der Waals surface area contributed by atoms with E-state index >= 15 is 0 Å². The zero-order chi connectivity index (χ0) is 13.8. The first-order valence-electron chi connectivity index (χ1n) is 5.49. The van der Waals surface area contributed by atoms with Crippen molar-refractivity contribution in [3.05, 3.63) is 51.7 Å². The summed E-state index contributed by atoms with van der Waals surface area (Å²) in [6, 6.07) is 5.15. The maximum atomic E-state index is 11.8. The summed E-state index contributed by atoms with van der Waals surface area (Å²) in [6.45, 7) is 0.715. The van der Waals surface area contributed by atoms with Crippen LogP contribution >= 0.6 is 0 Å². The number of nitrogens with one attached hydrogen (secondary N) is 1. The van der Waals surface area contributed by atoms with Crippen LogP contribution in [0.1, 0.15) is 10.4 Å². The van der Waals surface area contributed by atoms with Crippen LogP contribution in [0.15, 0.2) is 36.0 Å². The molecule has 1 saturated heterocycles. The highest BCUT2D eigenvalue weighted by molar-refractivity contribution is 6.08. The maximum absolute atomic E-state index is 11.8. The molecule has 0 amide bonds. The van der Waals surface area contributed by atoms with Gasteiger partial charge < -0.3 is 10.1 Å². The van der Waals surface area contributed by atoms with E-state index in [1.807, 2.05) is 0 Å². The zero-order valence-corrected chi connectivity index (χ0v) is 9.79. The van der Waals surface area contributed by atoms with Crippen molar-refractivity contribution in [3.8, 4) is 0 Å². The maximum Gasteiger partial charge on any atom is 0.354 e. The van der Waals surface area contributed by atoms with E-state index in [-0.39, 0.29) is 23.6 Å². The highest BCUT2D eigenvalue weighted by Gasteiger charge is 2.17. The number of carbonyl (C=O) groups excluding carboxylic acids is 2. The van der Waals surface area contributed by atoms with Crippen molar-refractivity contribution in [1.29, 1.82) is 0 Å². The number of allylic oxidation sites excluding steroid dienone is 1. The lowest BCUT2D eigenvalue weighted by Gasteiger charge is -2.15. The number of hydrogen-bond acceptors (Lipinski definition) is 6. The molecule has 19 heavy (non-hydrogen) atoms. The first-order valence-corrected chi connectivity index (χ1v) is 5.49. The number of non-ortho nitro benzene ring substituents is 1. The van der Waals surface area contributed by atoms with Gasteiger partial charge >= 0.3 is 5.97 Å². The summed E-state index contributed by atoms with van der Waals surface area (Å²) >= 11 is 0. The number of benzene rings is 1. The lowest BCUT2D eigenvalue weighted by Crippen LogP contribution is -2.33. The third kappa shape index (κ3) is 2.95. The van der Waals surface area contributed by atoms with Crippen molar-refractivity contribution in [2.45, 2.75) is 0 Å². The van der Waals surface area contributed by atoms with Crippen LogP contribution in [0, 0.1) is 10.1 Å². The molecule has 0 unspecified atom stereocenters. The van der Waals surface area contributed by atoms with Gasteiger partial charge in [0.05, 0.1) is 4.92 Å². The Labute approximate surface area is 108 Å². The summed E-state index contributed by atoms with van der Waals surface area (Å²) in [5.74, 6) is -1.00. The van der Waals surface area contributed by atoms with Gasteiger partial charge in [0, 0.05) is 30.3 Å². The molecule has 1 aliphatic rings. The van der Waals surface area contributed by atoms with Gasteiger partial charge in [-0.2, -0.15) is 0 Å². The van der Waals surface area contributed by atoms with E-state index < -0.39 is 16.7 Å². The molecule has 1 heterocycles. The molecule has 1 N–H and O–H groups in total. The minimum absolute atomic E-state index is 0.0922. The van der Waals surface area contributed by atoms with Crippen LogP contribution < -0.4 is 5.32 Å². The molecular weight excluding hydrogens is 252 g/mol. The Hall–Kier alpha value is -2.70. The van der Waals surface area contributed by atoms with Gasteiger partial charge in [0.1, 0.15) is 12.3 Å². The lowest BCUT2D eigenvalue weighted by molar-refractivity contribution is -0.384. The quantitative estimate of drug-likeness (QED) is 0.284. The van der Waals surface area contributed by atoms with Crippen LogP contribution in [-0.2, 0) is 9.53 Å². The molecule has 0 aromatic heterocycles. The Morgan fingerprint density at radius 1 is 1.37 bits per heavy atom. The van der Waals surface area contributed by atoms with Crippen LogP contribution in [0.3, 0.4) is 0 Å². The normalized spacial score (nSPS) is 16.6. The third-order valence-corrected chi connectivity index (χ3v) is 2.51. The Balaban J connectivity index is 2.17. The van der Waals surface area contributed by atoms with Crippen molar-refractivity contribution in [1.82, 2.24) is 5.32 Å². The van der Waals surface area contributed by atoms with E-state index in [0.717, 1.165) is 6.08 Å². The third-order valence-electron chi connectivity index (χ3n) is 2.51. The number of nitro groups is 1. The largest absolute Gasteiger partial charge is 0.459 e. The number of carbonyl (C=O) groups is 2. The first-order chi connectivity index (χ1) is 9.08. The van der Waals surface area contributed by atoms with Crippen LogP contribution in [-0.4, -0.2) is 29.8 Å². The van der Waals surface area contributed by atoms with Crippen LogP contribution in [0.25, 0.3) is 0 Å². The number of ketones is 1. The summed E-state index contributed by atoms with van der Waals surface area (Å²) in [7, 11) is 0. The lowest BCUT2D eigenvalue weighted by atomic mass is 10.1. The fourth-order valence-electron chi connectivity index (χ4n) is 1.55. The smallest absolute Gasteiger partial charge is 0.354 e. The van der Waals surface area contributed by atoms with Gasteiger partial charge in [-0.1, -0.05) is 0 Å². The second-order valence-electron chi connectivity index (χ2n) is 3.79. The van der Waals surface area contributed by atoms with Crippen LogP contribution in [0.4, 0.5) is 5.69 Å². The van der Waals surface area contributed by atoms with Crippen molar-refractivity contribution >= 4 is 17.4 Å². The standard InChI is InChI=1S/C12H10N2O5/c15-11(7-10-12(16)19-6-5-13-10)8-1-3-9(4-2-8)14(17)18/h1-4,7,13H,5-6H2. The fraction of sp³-hybridized carbons (Fsp3) is 0.167. The molecule has 1 aliphatic heterocycles. The average Bonchev–Trinajstić information content (AvgIpc) is 2.41. The molecule has 0 radical (unpaired) electrons. The Kier molecular flexibility index (Phi) is 3.56. The number of ether oxygens (including phenoxy) is 1. The van der Waals surface area contributed by atoms with E-state index in [1.54, 1.807) is 0 Å². The van der Waals surface area contributed by atoms with Crippen LogP contribution in [0.2, 0.25) is 0 Å². The molecule has 0 saturated carbocycles. The number of esters is 1. The second kappa shape index (κ2) is 5.30. The van der Waals surface area contributed by atoms with E-state index in [0.29, 0.717) is 6.54 Å². The Morgan fingerprint density at radius 3 is 2.63 bits per heavy atom. The minimum atomic E-state index is -0.582. The van der Waals surface area contributed by atoms with E-state index in [9.17, 15) is 19.7 Å². The van der Waals surface area contributed by atoms with E-state index in [4.69, 9.17) is 4.74 Å². The van der Waals surface area contributed by atoms with Gasteiger partial charge in [-0.3, -0.25) is 14.9 Å². The zero-order valence-electron chi connectivity index (χ0n) is 9.79. The number of rotatable bonds is 3. The molecule has 1 fully saturated rings. The average molecular weight is 262 g/mol. The predicted octanol–water partition coefficient (Wildman–Crippen LogP) is 0.808. The first kappa shape index (κ1) is 12.7. The van der Waals surface area contributed by atoms with E-state index in [2.05, 4.69) is 5.32 Å². The summed E-state index contributed by atoms with van der Waals surface area (Å²) in [5, 5.41) is 13.2. The topological polar surface area (TPSA) is 98.5 Å². The second-order valence-corrected chi connectivity index (χ2v) is 3.79. The molecule has 7 heteroatoms. The number of nitrogens with zero attached hydrogens (tertiary/aromatic N) is 1. The predicted molar refractivity (Wildman–Crippen MR) is 64.5 cm³/mol. The summed E-state index contributed by atoms with van der Waals surface area (Å²) in [4.78, 5) is 33.1. The van der Waals surface area contributed by atoms with Gasteiger partial charge in [0.25, 0.3) is 5.69 Å². The Bertz CT molecular complexity index is 562. The molecule has 0 bridgehead atoms. The molecular formula is C12H10N2O5. The van der Waals surface area contributed by atoms with Crippen molar-refractivity contribution in [2.75, 3.05) is 13.2 Å². The molecule has 1 aromatic carbocycles. The fourth-order valence-corrected chi connectivity index (χ4v) is 1.55. The molecule has 0 aliphatic carbocycles. The molecule has 0 atom stereocenters. The van der Waals surface area contributed by atoms with Crippen molar-refractivity contribution in [2.24, 2.45) is 0 Å². The number of morpholine rings is 1. The monoisotopic (exact) mass is 262 g/mol. The molecule has 1 aromatic rings. The van der Waals surface area contributed by atoms with Crippen LogP contribution in [0.5, 0.6) is 0 Å². The molecule has 0 spiro atoms. The minimum Gasteiger partial charge on any atom is -0.459 e. The van der Waals surface area contributed by atoms with Crippen molar-refractivity contribution in [3.63, 3.8) is 0 Å². The highest BCUT2D eigenvalue weighted by Crippen LogP contribution is 2.13. The molecule has 2 rings (SSSR count). The molecule has 98 valence electrons. The summed E-state index contributed by atoms with van der Waals surface area (Å²) in [6.07, 6.45) is 1.13. The number of cyclic esters (lactones) is 1. The SMILES string of the molecule is O=C1OCCNC1=CC(=O)c1ccc([N+](=O)[O-])cc1. The Morgan fingerprint density at radius 2 is 2.05 bits per heavy atom. The van der Waals surface area contributed by atoms with Gasteiger partial charge in [0.2, 0.25) is 0 Å². The number of nitro benzene ring substituents is 1. The van der Waals surface area contributed by atoms with E-state index in [1.165, 1.54) is 24.3 Å². The van der Waals surface area contributed by atoms with Gasteiger partial charge in [-0.25, -0.2) is 4.79 Å². The number of hydrogen-bond donors (Lipinski definition) is 1. The van der Waals surface area contributed by atoms with Gasteiger partial charge in [-0.15, -0.1) is 0 Å². The van der Waals surface area contributed by atoms with Gasteiger partial charge in [-0.05, 0) is 12.1 Å². The summed E-state index contributed by atoms with van der Waals surface area (Å²) < 4.78 is 4.77. The van der Waals surface area contributed by atoms with Crippen molar-refractivity contribution < 1.29 is 19.2 Å². The molecule has 7 nitrogen and oxygen atoms in total.